The Balaban J connectivity index is 0.00000182. The summed E-state index contributed by atoms with van der Waals surface area (Å²) in [6.45, 7) is 2.08. The molecular weight excluding hydrogens is 383 g/mol. The first kappa shape index (κ1) is 17.7. The Bertz CT molecular complexity index is 889. The molecule has 0 aliphatic heterocycles. The average Bonchev–Trinajstić information content (AvgIpc) is 3.09. The van der Waals surface area contributed by atoms with E-state index in [-0.39, 0.29) is 32.7 Å². The zero-order valence-corrected chi connectivity index (χ0v) is 16.7. The Kier molecular flexibility index (Phi) is 5.57. The molecular formula is C21H16N3Y-. The smallest absolute Gasteiger partial charge is 0.138 e. The molecule has 119 valence electrons. The van der Waals surface area contributed by atoms with E-state index in [1.165, 1.54) is 5.56 Å². The van der Waals surface area contributed by atoms with Crippen LogP contribution in [-0.2, 0) is 32.7 Å². The van der Waals surface area contributed by atoms with Gasteiger partial charge in [0.1, 0.15) is 5.82 Å². The van der Waals surface area contributed by atoms with Crippen molar-refractivity contribution in [1.82, 2.24) is 15.0 Å². The number of aromatic amines is 1. The molecule has 2 aromatic heterocycles. The van der Waals surface area contributed by atoms with Gasteiger partial charge in [-0.15, -0.1) is 5.56 Å². The van der Waals surface area contributed by atoms with E-state index < -0.39 is 0 Å². The average molecular weight is 399 g/mol. The summed E-state index contributed by atoms with van der Waals surface area (Å²) in [7, 11) is 0. The normalized spacial score (nSPS) is 10.3. The van der Waals surface area contributed by atoms with Gasteiger partial charge in [-0.05, 0) is 19.1 Å². The Hall–Kier alpha value is -2.10. The molecule has 4 rings (SSSR count). The van der Waals surface area contributed by atoms with Gasteiger partial charge in [0.2, 0.25) is 0 Å². The van der Waals surface area contributed by atoms with Crippen LogP contribution in [0.2, 0.25) is 0 Å². The standard InChI is InChI=1S/C21H16N3.Y/c1-15-7-9-18(10-8-15)21-23-19(16-5-3-2-4-6-16)20(24-21)17-11-13-22-14-12-17;/h3-14H,1H3,(H,23,24);/q-1;. The minimum atomic E-state index is 0. The molecule has 0 saturated carbocycles. The van der Waals surface area contributed by atoms with Crippen LogP contribution < -0.4 is 0 Å². The fraction of sp³-hybridized carbons (Fsp3) is 0.0476. The van der Waals surface area contributed by atoms with Gasteiger partial charge in [0.25, 0.3) is 0 Å². The van der Waals surface area contributed by atoms with Gasteiger partial charge in [-0.2, -0.15) is 30.3 Å². The first-order valence-corrected chi connectivity index (χ1v) is 7.85. The predicted octanol–water partition coefficient (Wildman–Crippen LogP) is 4.91. The van der Waals surface area contributed by atoms with E-state index >= 15 is 0 Å². The van der Waals surface area contributed by atoms with Gasteiger partial charge in [-0.25, -0.2) is 4.98 Å². The van der Waals surface area contributed by atoms with E-state index in [9.17, 15) is 0 Å². The summed E-state index contributed by atoms with van der Waals surface area (Å²) in [6.07, 6.45) is 3.59. The number of nitrogens with zero attached hydrogens (tertiary/aromatic N) is 2. The van der Waals surface area contributed by atoms with E-state index in [1.807, 2.05) is 36.4 Å². The molecule has 0 fully saturated rings. The van der Waals surface area contributed by atoms with Gasteiger partial charge in [-0.1, -0.05) is 29.8 Å². The Labute approximate surface area is 172 Å². The van der Waals surface area contributed by atoms with Gasteiger partial charge in [0.05, 0.1) is 11.4 Å². The number of hydrogen-bond acceptors (Lipinski definition) is 2. The zero-order chi connectivity index (χ0) is 16.4. The molecule has 0 amide bonds. The summed E-state index contributed by atoms with van der Waals surface area (Å²) < 4.78 is 0. The van der Waals surface area contributed by atoms with Crippen LogP contribution >= 0.6 is 0 Å². The van der Waals surface area contributed by atoms with Crippen LogP contribution in [0.25, 0.3) is 33.9 Å². The molecule has 2 aromatic carbocycles. The monoisotopic (exact) mass is 399 g/mol. The molecule has 0 bridgehead atoms. The second kappa shape index (κ2) is 7.86. The Morgan fingerprint density at radius 2 is 1.48 bits per heavy atom. The SMILES string of the molecule is Cc1ccc(-c2nc(-c3cc[c-]cc3)c(-c3ccncc3)[nH]2)cc1.[Y]. The van der Waals surface area contributed by atoms with Crippen LogP contribution in [0.1, 0.15) is 5.56 Å². The van der Waals surface area contributed by atoms with Crippen molar-refractivity contribution in [3.8, 4) is 33.9 Å². The fourth-order valence-electron chi connectivity index (χ4n) is 2.70. The van der Waals surface area contributed by atoms with E-state index in [0.29, 0.717) is 0 Å². The van der Waals surface area contributed by atoms with Crippen LogP contribution in [0.5, 0.6) is 0 Å². The third-order valence-corrected chi connectivity index (χ3v) is 3.99. The van der Waals surface area contributed by atoms with E-state index in [2.05, 4.69) is 47.2 Å². The molecule has 1 radical (unpaired) electrons. The van der Waals surface area contributed by atoms with Gasteiger partial charge in [0, 0.05) is 56.2 Å². The van der Waals surface area contributed by atoms with Crippen molar-refractivity contribution >= 4 is 0 Å². The molecule has 0 aliphatic carbocycles. The number of pyridine rings is 1. The maximum absolute atomic E-state index is 4.87. The van der Waals surface area contributed by atoms with Crippen LogP contribution in [-0.4, -0.2) is 15.0 Å². The van der Waals surface area contributed by atoms with Gasteiger partial charge in [-0.3, -0.25) is 4.98 Å². The van der Waals surface area contributed by atoms with E-state index in [1.54, 1.807) is 12.4 Å². The van der Waals surface area contributed by atoms with Crippen LogP contribution in [0.3, 0.4) is 0 Å². The van der Waals surface area contributed by atoms with Crippen molar-refractivity contribution in [3.05, 3.63) is 84.7 Å². The summed E-state index contributed by atoms with van der Waals surface area (Å²) in [4.78, 5) is 12.5. The van der Waals surface area contributed by atoms with Crippen molar-refractivity contribution in [2.24, 2.45) is 0 Å². The number of hydrogen-bond donors (Lipinski definition) is 1. The zero-order valence-electron chi connectivity index (χ0n) is 13.9. The van der Waals surface area contributed by atoms with Crippen LogP contribution in [0.15, 0.2) is 73.1 Å². The second-order valence-corrected chi connectivity index (χ2v) is 5.70. The predicted molar refractivity (Wildman–Crippen MR) is 96.3 cm³/mol. The quantitative estimate of drug-likeness (QED) is 0.498. The number of benzene rings is 2. The van der Waals surface area contributed by atoms with E-state index in [4.69, 9.17) is 4.98 Å². The van der Waals surface area contributed by atoms with Crippen molar-refractivity contribution in [3.63, 3.8) is 0 Å². The second-order valence-electron chi connectivity index (χ2n) is 5.70. The maximum Gasteiger partial charge on any atom is 0.138 e. The first-order chi connectivity index (χ1) is 11.8. The van der Waals surface area contributed by atoms with Crippen molar-refractivity contribution in [2.75, 3.05) is 0 Å². The third kappa shape index (κ3) is 3.78. The molecule has 4 aromatic rings. The van der Waals surface area contributed by atoms with E-state index in [0.717, 1.165) is 33.9 Å². The van der Waals surface area contributed by atoms with Gasteiger partial charge >= 0.3 is 0 Å². The first-order valence-electron chi connectivity index (χ1n) is 7.85. The summed E-state index contributed by atoms with van der Waals surface area (Å²) in [5, 5.41) is 0. The third-order valence-electron chi connectivity index (χ3n) is 3.99. The maximum atomic E-state index is 4.87. The number of rotatable bonds is 3. The molecule has 3 nitrogen and oxygen atoms in total. The van der Waals surface area contributed by atoms with Crippen molar-refractivity contribution < 1.29 is 32.7 Å². The number of aryl methyl sites for hydroxylation is 1. The molecule has 0 saturated heterocycles. The minimum absolute atomic E-state index is 0. The number of aromatic nitrogens is 3. The topological polar surface area (TPSA) is 41.6 Å². The van der Waals surface area contributed by atoms with Crippen LogP contribution in [0, 0.1) is 13.0 Å². The molecule has 2 heterocycles. The summed E-state index contributed by atoms with van der Waals surface area (Å²) in [5.74, 6) is 0.865. The molecule has 4 heteroatoms. The van der Waals surface area contributed by atoms with Crippen LogP contribution in [0.4, 0.5) is 0 Å². The summed E-state index contributed by atoms with van der Waals surface area (Å²) in [6, 6.07) is 23.3. The van der Waals surface area contributed by atoms with Gasteiger partial charge < -0.3 is 4.98 Å². The summed E-state index contributed by atoms with van der Waals surface area (Å²) >= 11 is 0. The fourth-order valence-corrected chi connectivity index (χ4v) is 2.70. The van der Waals surface area contributed by atoms with Crippen molar-refractivity contribution in [2.45, 2.75) is 6.92 Å². The minimum Gasteiger partial charge on any atom is -0.338 e. The molecule has 1 N–H and O–H groups in total. The molecule has 0 aliphatic rings. The Morgan fingerprint density at radius 3 is 2.16 bits per heavy atom. The molecule has 25 heavy (non-hydrogen) atoms. The number of nitrogens with one attached hydrogen (secondary N) is 1. The number of imidazole rings is 1. The van der Waals surface area contributed by atoms with Gasteiger partial charge in [0.15, 0.2) is 0 Å². The molecule has 0 spiro atoms. The summed E-state index contributed by atoms with van der Waals surface area (Å²) in [5.41, 5.74) is 6.38. The molecule has 0 atom stereocenters. The Morgan fingerprint density at radius 1 is 0.800 bits per heavy atom. The number of H-pyrrole nitrogens is 1. The largest absolute Gasteiger partial charge is 0.338 e. The molecule has 0 unspecified atom stereocenters. The van der Waals surface area contributed by atoms with Crippen molar-refractivity contribution in [1.29, 1.82) is 0 Å².